The Bertz CT molecular complexity index is 406. The van der Waals surface area contributed by atoms with Crippen LogP contribution in [0.3, 0.4) is 0 Å². The minimum atomic E-state index is -1.07. The van der Waals surface area contributed by atoms with Crippen LogP contribution >= 0.6 is 11.6 Å². The van der Waals surface area contributed by atoms with E-state index in [9.17, 15) is 9.90 Å². The molecule has 1 aromatic carbocycles. The van der Waals surface area contributed by atoms with Gasteiger partial charge in [-0.15, -0.1) is 0 Å². The second kappa shape index (κ2) is 5.52. The molecule has 0 saturated heterocycles. The summed E-state index contributed by atoms with van der Waals surface area (Å²) in [6.07, 6.45) is 0.459. The lowest BCUT2D eigenvalue weighted by atomic mass is 9.86. The molecule has 1 aromatic rings. The van der Waals surface area contributed by atoms with Crippen LogP contribution in [0.4, 0.5) is 0 Å². The van der Waals surface area contributed by atoms with Crippen LogP contribution in [-0.2, 0) is 10.3 Å². The largest absolute Gasteiger partial charge is 0.480 e. The zero-order valence-electron chi connectivity index (χ0n) is 10.3. The third-order valence-electron chi connectivity index (χ3n) is 2.75. The van der Waals surface area contributed by atoms with Gasteiger partial charge < -0.3 is 5.11 Å². The zero-order valence-corrected chi connectivity index (χ0v) is 11.1. The van der Waals surface area contributed by atoms with Gasteiger partial charge >= 0.3 is 5.97 Å². The number of carboxylic acid groups (broad SMARTS) is 1. The monoisotopic (exact) mass is 255 g/mol. The maximum atomic E-state index is 11.6. The lowest BCUT2D eigenvalue weighted by Gasteiger charge is -2.32. The van der Waals surface area contributed by atoms with E-state index in [1.807, 2.05) is 20.8 Å². The van der Waals surface area contributed by atoms with Gasteiger partial charge in [0.15, 0.2) is 0 Å². The van der Waals surface area contributed by atoms with E-state index in [-0.39, 0.29) is 6.04 Å². The Balaban J connectivity index is 3.26. The van der Waals surface area contributed by atoms with Crippen LogP contribution in [0.15, 0.2) is 24.3 Å². The number of benzene rings is 1. The third-order valence-corrected chi connectivity index (χ3v) is 2.98. The van der Waals surface area contributed by atoms with Gasteiger partial charge in [-0.05, 0) is 38.0 Å². The van der Waals surface area contributed by atoms with Gasteiger partial charge in [0, 0.05) is 11.1 Å². The summed E-state index contributed by atoms with van der Waals surface area (Å²) in [5.74, 6) is -0.879. The topological polar surface area (TPSA) is 49.3 Å². The van der Waals surface area contributed by atoms with Crippen LogP contribution < -0.4 is 5.32 Å². The summed E-state index contributed by atoms with van der Waals surface area (Å²) in [5.41, 5.74) is -0.382. The molecule has 3 nitrogen and oxygen atoms in total. The second-order valence-corrected chi connectivity index (χ2v) is 4.81. The SMILES string of the molecule is CCC(NC(C)C)(C(=O)O)c1cccc(Cl)c1. The fourth-order valence-electron chi connectivity index (χ4n) is 1.97. The first-order valence-electron chi connectivity index (χ1n) is 5.69. The number of carbonyl (C=O) groups is 1. The van der Waals surface area contributed by atoms with Gasteiger partial charge in [-0.1, -0.05) is 30.7 Å². The van der Waals surface area contributed by atoms with Crippen molar-refractivity contribution >= 4 is 17.6 Å². The zero-order chi connectivity index (χ0) is 13.1. The Kier molecular flexibility index (Phi) is 4.54. The molecule has 0 aliphatic heterocycles. The lowest BCUT2D eigenvalue weighted by Crippen LogP contribution is -2.51. The number of rotatable bonds is 5. The number of halogens is 1. The van der Waals surface area contributed by atoms with Crippen molar-refractivity contribution in [3.63, 3.8) is 0 Å². The highest BCUT2D eigenvalue weighted by Crippen LogP contribution is 2.28. The first kappa shape index (κ1) is 14.0. The molecule has 0 bridgehead atoms. The van der Waals surface area contributed by atoms with Crippen LogP contribution in [0.5, 0.6) is 0 Å². The molecule has 94 valence electrons. The molecule has 0 saturated carbocycles. The first-order valence-corrected chi connectivity index (χ1v) is 6.07. The highest BCUT2D eigenvalue weighted by Gasteiger charge is 2.39. The summed E-state index contributed by atoms with van der Waals surface area (Å²) in [7, 11) is 0. The van der Waals surface area contributed by atoms with E-state index >= 15 is 0 Å². The minimum Gasteiger partial charge on any atom is -0.480 e. The Morgan fingerprint density at radius 3 is 2.59 bits per heavy atom. The Morgan fingerprint density at radius 2 is 2.18 bits per heavy atom. The van der Waals surface area contributed by atoms with E-state index in [1.165, 1.54) is 0 Å². The van der Waals surface area contributed by atoms with Gasteiger partial charge in [-0.2, -0.15) is 0 Å². The van der Waals surface area contributed by atoms with Gasteiger partial charge in [0.25, 0.3) is 0 Å². The molecule has 0 radical (unpaired) electrons. The average molecular weight is 256 g/mol. The quantitative estimate of drug-likeness (QED) is 0.850. The summed E-state index contributed by atoms with van der Waals surface area (Å²) in [6, 6.07) is 7.08. The van der Waals surface area contributed by atoms with Crippen molar-refractivity contribution in [2.24, 2.45) is 0 Å². The van der Waals surface area contributed by atoms with Crippen molar-refractivity contribution in [3.8, 4) is 0 Å². The summed E-state index contributed by atoms with van der Waals surface area (Å²) >= 11 is 5.93. The maximum absolute atomic E-state index is 11.6. The van der Waals surface area contributed by atoms with Gasteiger partial charge in [0.2, 0.25) is 0 Å². The van der Waals surface area contributed by atoms with E-state index in [1.54, 1.807) is 24.3 Å². The van der Waals surface area contributed by atoms with Gasteiger partial charge in [-0.3, -0.25) is 5.32 Å². The van der Waals surface area contributed by atoms with E-state index in [0.717, 1.165) is 0 Å². The molecule has 0 heterocycles. The molecular formula is C13H18ClNO2. The number of nitrogens with one attached hydrogen (secondary N) is 1. The van der Waals surface area contributed by atoms with Gasteiger partial charge in [0.05, 0.1) is 0 Å². The molecule has 2 N–H and O–H groups in total. The summed E-state index contributed by atoms with van der Waals surface area (Å²) in [5, 5.41) is 13.2. The van der Waals surface area contributed by atoms with E-state index < -0.39 is 11.5 Å². The Morgan fingerprint density at radius 1 is 1.53 bits per heavy atom. The van der Waals surface area contributed by atoms with Gasteiger partial charge in [-0.25, -0.2) is 4.79 Å². The number of hydrogen-bond acceptors (Lipinski definition) is 2. The van der Waals surface area contributed by atoms with Crippen LogP contribution in [0.2, 0.25) is 5.02 Å². The summed E-state index contributed by atoms with van der Waals surface area (Å²) in [6.45, 7) is 5.71. The molecule has 0 aliphatic carbocycles. The number of aliphatic carboxylic acids is 1. The Labute approximate surface area is 107 Å². The molecule has 0 fully saturated rings. The minimum absolute atomic E-state index is 0.0741. The molecule has 0 aromatic heterocycles. The smallest absolute Gasteiger partial charge is 0.328 e. The first-order chi connectivity index (χ1) is 7.92. The molecule has 0 amide bonds. The third kappa shape index (κ3) is 2.99. The van der Waals surface area contributed by atoms with E-state index in [2.05, 4.69) is 5.32 Å². The van der Waals surface area contributed by atoms with Crippen molar-refractivity contribution in [1.82, 2.24) is 5.32 Å². The fraction of sp³-hybridized carbons (Fsp3) is 0.462. The summed E-state index contributed by atoms with van der Waals surface area (Å²) in [4.78, 5) is 11.6. The molecule has 1 unspecified atom stereocenters. The molecule has 4 heteroatoms. The second-order valence-electron chi connectivity index (χ2n) is 4.37. The molecular weight excluding hydrogens is 238 g/mol. The predicted octanol–water partition coefficient (Wildman–Crippen LogP) is 3.03. The molecule has 0 spiro atoms. The van der Waals surface area contributed by atoms with Crippen LogP contribution in [0.25, 0.3) is 0 Å². The predicted molar refractivity (Wildman–Crippen MR) is 69.3 cm³/mol. The van der Waals surface area contributed by atoms with Crippen molar-refractivity contribution < 1.29 is 9.90 Å². The Hall–Kier alpha value is -1.06. The van der Waals surface area contributed by atoms with E-state index in [0.29, 0.717) is 17.0 Å². The maximum Gasteiger partial charge on any atom is 0.328 e. The highest BCUT2D eigenvalue weighted by molar-refractivity contribution is 6.30. The fourth-order valence-corrected chi connectivity index (χ4v) is 2.16. The van der Waals surface area contributed by atoms with Crippen LogP contribution in [-0.4, -0.2) is 17.1 Å². The standard InChI is InChI=1S/C13H18ClNO2/c1-4-13(12(16)17,15-9(2)3)10-6-5-7-11(14)8-10/h5-9,15H,4H2,1-3H3,(H,16,17). The highest BCUT2D eigenvalue weighted by atomic mass is 35.5. The van der Waals surface area contributed by atoms with Crippen molar-refractivity contribution in [3.05, 3.63) is 34.9 Å². The normalized spacial score (nSPS) is 14.6. The van der Waals surface area contributed by atoms with Crippen LogP contribution in [0, 0.1) is 0 Å². The molecule has 1 atom stereocenters. The van der Waals surface area contributed by atoms with Gasteiger partial charge in [0.1, 0.15) is 5.54 Å². The number of hydrogen-bond donors (Lipinski definition) is 2. The average Bonchev–Trinajstić information content (AvgIpc) is 2.25. The van der Waals surface area contributed by atoms with Crippen molar-refractivity contribution in [2.75, 3.05) is 0 Å². The number of carboxylic acids is 1. The van der Waals surface area contributed by atoms with Crippen LogP contribution in [0.1, 0.15) is 32.8 Å². The molecule has 1 rings (SSSR count). The van der Waals surface area contributed by atoms with Crippen molar-refractivity contribution in [2.45, 2.75) is 38.8 Å². The van der Waals surface area contributed by atoms with Crippen molar-refractivity contribution in [1.29, 1.82) is 0 Å². The molecule has 17 heavy (non-hydrogen) atoms. The lowest BCUT2D eigenvalue weighted by molar-refractivity contribution is -0.146. The molecule has 0 aliphatic rings. The van der Waals surface area contributed by atoms with E-state index in [4.69, 9.17) is 11.6 Å². The summed E-state index contributed by atoms with van der Waals surface area (Å²) < 4.78 is 0.